The van der Waals surface area contributed by atoms with Gasteiger partial charge in [0.05, 0.1) is 21.4 Å². The van der Waals surface area contributed by atoms with Crippen molar-refractivity contribution in [1.29, 1.82) is 0 Å². The summed E-state index contributed by atoms with van der Waals surface area (Å²) in [7, 11) is 0. The van der Waals surface area contributed by atoms with E-state index in [2.05, 4.69) is 16.3 Å². The predicted octanol–water partition coefficient (Wildman–Crippen LogP) is 4.76. The van der Waals surface area contributed by atoms with Crippen LogP contribution in [0.5, 0.6) is 0 Å². The summed E-state index contributed by atoms with van der Waals surface area (Å²) < 4.78 is 0. The highest BCUT2D eigenvalue weighted by Gasteiger charge is 2.28. The zero-order chi connectivity index (χ0) is 15.3. The highest BCUT2D eigenvalue weighted by Crippen LogP contribution is 2.49. The minimum atomic E-state index is 0.0447. The first-order valence-electron chi connectivity index (χ1n) is 7.29. The van der Waals surface area contributed by atoms with Gasteiger partial charge in [-0.25, -0.2) is 0 Å². The molecule has 0 saturated carbocycles. The van der Waals surface area contributed by atoms with Gasteiger partial charge in [0, 0.05) is 41.1 Å². The van der Waals surface area contributed by atoms with Gasteiger partial charge < -0.3 is 10.2 Å². The van der Waals surface area contributed by atoms with Crippen molar-refractivity contribution in [2.75, 3.05) is 23.3 Å². The Hall–Kier alpha value is -1.10. The molecule has 0 radical (unpaired) electrons. The summed E-state index contributed by atoms with van der Waals surface area (Å²) in [6, 6.07) is 4.17. The Kier molecular flexibility index (Phi) is 3.63. The van der Waals surface area contributed by atoms with Crippen LogP contribution in [0.1, 0.15) is 19.3 Å². The van der Waals surface area contributed by atoms with E-state index in [9.17, 15) is 4.79 Å². The fourth-order valence-electron chi connectivity index (χ4n) is 3.05. The average Bonchev–Trinajstić information content (AvgIpc) is 2.99. The van der Waals surface area contributed by atoms with Crippen molar-refractivity contribution >= 4 is 52.1 Å². The first-order chi connectivity index (χ1) is 10.6. The Morgan fingerprint density at radius 3 is 2.73 bits per heavy atom. The minimum absolute atomic E-state index is 0.0447. The maximum Gasteiger partial charge on any atom is 0.162 e. The van der Waals surface area contributed by atoms with Crippen molar-refractivity contribution in [3.63, 3.8) is 0 Å². The first-order valence-corrected chi connectivity index (χ1v) is 8.86. The summed E-state index contributed by atoms with van der Waals surface area (Å²) in [5.41, 5.74) is 2.85. The zero-order valence-corrected chi connectivity index (χ0v) is 14.1. The van der Waals surface area contributed by atoms with E-state index in [0.717, 1.165) is 40.0 Å². The number of carbonyl (C=O) groups is 1. The second-order valence-electron chi connectivity index (χ2n) is 5.66. The molecular formula is C16H14Cl2N2OS. The van der Waals surface area contributed by atoms with E-state index in [1.54, 1.807) is 11.8 Å². The van der Waals surface area contributed by atoms with E-state index in [4.69, 9.17) is 23.2 Å². The molecule has 4 rings (SSSR count). The number of halogens is 2. The minimum Gasteiger partial charge on any atom is -0.371 e. The van der Waals surface area contributed by atoms with E-state index >= 15 is 0 Å². The lowest BCUT2D eigenvalue weighted by atomic mass is 10.1. The number of thioether (sulfide) groups is 1. The van der Waals surface area contributed by atoms with Crippen molar-refractivity contribution in [1.82, 2.24) is 0 Å². The number of benzene rings is 1. The molecule has 6 heteroatoms. The summed E-state index contributed by atoms with van der Waals surface area (Å²) in [5, 5.41) is 4.47. The third kappa shape index (κ3) is 2.43. The Morgan fingerprint density at radius 2 is 1.95 bits per heavy atom. The number of fused-ring (bicyclic) bond motifs is 1. The van der Waals surface area contributed by atoms with E-state index in [1.165, 1.54) is 18.9 Å². The van der Waals surface area contributed by atoms with Gasteiger partial charge in [0.2, 0.25) is 0 Å². The fourth-order valence-corrected chi connectivity index (χ4v) is 4.89. The van der Waals surface area contributed by atoms with Gasteiger partial charge in [0.25, 0.3) is 0 Å². The van der Waals surface area contributed by atoms with Crippen LogP contribution in [0.25, 0.3) is 0 Å². The van der Waals surface area contributed by atoms with Crippen LogP contribution in [0, 0.1) is 0 Å². The molecule has 0 amide bonds. The largest absolute Gasteiger partial charge is 0.371 e. The topological polar surface area (TPSA) is 32.3 Å². The van der Waals surface area contributed by atoms with Gasteiger partial charge in [0.15, 0.2) is 5.78 Å². The summed E-state index contributed by atoms with van der Waals surface area (Å²) in [4.78, 5) is 16.1. The molecule has 2 aliphatic heterocycles. The molecule has 22 heavy (non-hydrogen) atoms. The monoisotopic (exact) mass is 352 g/mol. The van der Waals surface area contributed by atoms with E-state index < -0.39 is 0 Å². The Labute approximate surface area is 143 Å². The molecule has 1 aromatic carbocycles. The van der Waals surface area contributed by atoms with Crippen LogP contribution in [-0.2, 0) is 4.79 Å². The fraction of sp³-hybridized carbons (Fsp3) is 0.312. The third-order valence-electron chi connectivity index (χ3n) is 4.13. The molecule has 0 spiro atoms. The second-order valence-corrected chi connectivity index (χ2v) is 7.61. The summed E-state index contributed by atoms with van der Waals surface area (Å²) in [6.45, 7) is 2.16. The average molecular weight is 353 g/mol. The van der Waals surface area contributed by atoms with Crippen molar-refractivity contribution in [2.24, 2.45) is 0 Å². The Balaban J connectivity index is 1.73. The molecule has 0 aromatic heterocycles. The summed E-state index contributed by atoms with van der Waals surface area (Å²) >= 11 is 14.3. The predicted molar refractivity (Wildman–Crippen MR) is 93.0 cm³/mol. The molecule has 3 nitrogen and oxygen atoms in total. The number of allylic oxidation sites excluding steroid dienone is 3. The number of ketones is 1. The lowest BCUT2D eigenvalue weighted by Crippen LogP contribution is -2.19. The van der Waals surface area contributed by atoms with Crippen molar-refractivity contribution < 1.29 is 4.79 Å². The number of nitrogens with zero attached hydrogens (tertiary/aromatic N) is 1. The second kappa shape index (κ2) is 5.52. The first kappa shape index (κ1) is 14.5. The third-order valence-corrected chi connectivity index (χ3v) is 5.87. The summed E-state index contributed by atoms with van der Waals surface area (Å²) in [6.07, 6.45) is 4.33. The maximum atomic E-state index is 11.7. The number of hydrogen-bond acceptors (Lipinski definition) is 4. The van der Waals surface area contributed by atoms with Crippen LogP contribution < -0.4 is 10.2 Å². The molecule has 3 aliphatic rings. The molecular weight excluding hydrogens is 339 g/mol. The number of carbonyl (C=O) groups excluding carboxylic acids is 1. The normalized spacial score (nSPS) is 20.5. The Bertz CT molecular complexity index is 736. The van der Waals surface area contributed by atoms with Crippen LogP contribution in [-0.4, -0.2) is 18.9 Å². The molecule has 1 saturated heterocycles. The standard InChI is InChI=1S/C16H14Cl2N2OS/c17-11-5-9(20-3-1-2-4-20)6-13-15(11)19-16-12(18)7-10(21)8-14(16)22-13/h5-7,19H,1-4,8H2. The molecule has 1 N–H and O–H groups in total. The molecule has 114 valence electrons. The number of anilines is 2. The van der Waals surface area contributed by atoms with E-state index in [1.807, 2.05) is 6.07 Å². The molecule has 0 atom stereocenters. The molecule has 0 unspecified atom stereocenters. The zero-order valence-electron chi connectivity index (χ0n) is 11.8. The highest BCUT2D eigenvalue weighted by molar-refractivity contribution is 8.03. The number of nitrogens with one attached hydrogen (secondary N) is 1. The number of hydrogen-bond donors (Lipinski definition) is 1. The molecule has 0 bridgehead atoms. The number of rotatable bonds is 1. The van der Waals surface area contributed by atoms with Gasteiger partial charge in [0.1, 0.15) is 0 Å². The molecule has 2 heterocycles. The SMILES string of the molecule is O=C1C=C(Cl)C2=C(C1)Sc1cc(N3CCCC3)cc(Cl)c1N2. The highest BCUT2D eigenvalue weighted by atomic mass is 35.5. The van der Waals surface area contributed by atoms with E-state index in [0.29, 0.717) is 16.5 Å². The van der Waals surface area contributed by atoms with E-state index in [-0.39, 0.29) is 5.78 Å². The lowest BCUT2D eigenvalue weighted by molar-refractivity contribution is -0.114. The quantitative estimate of drug-likeness (QED) is 0.789. The summed E-state index contributed by atoms with van der Waals surface area (Å²) in [5.74, 6) is 0.0447. The van der Waals surface area contributed by atoms with Gasteiger partial charge in [-0.2, -0.15) is 0 Å². The molecule has 1 aromatic rings. The smallest absolute Gasteiger partial charge is 0.162 e. The Morgan fingerprint density at radius 1 is 1.18 bits per heavy atom. The van der Waals surface area contributed by atoms with Crippen molar-refractivity contribution in [3.8, 4) is 0 Å². The van der Waals surface area contributed by atoms with Crippen molar-refractivity contribution in [2.45, 2.75) is 24.2 Å². The van der Waals surface area contributed by atoms with Crippen LogP contribution in [0.3, 0.4) is 0 Å². The van der Waals surface area contributed by atoms with Crippen LogP contribution >= 0.6 is 35.0 Å². The van der Waals surface area contributed by atoms with Crippen LogP contribution in [0.4, 0.5) is 11.4 Å². The van der Waals surface area contributed by atoms with Crippen molar-refractivity contribution in [3.05, 3.63) is 38.9 Å². The van der Waals surface area contributed by atoms with Crippen LogP contribution in [0.2, 0.25) is 5.02 Å². The molecule has 1 fully saturated rings. The van der Waals surface area contributed by atoms with Gasteiger partial charge >= 0.3 is 0 Å². The van der Waals surface area contributed by atoms with Crippen LogP contribution in [0.15, 0.2) is 38.7 Å². The lowest BCUT2D eigenvalue weighted by Gasteiger charge is -2.28. The van der Waals surface area contributed by atoms with Gasteiger partial charge in [-0.15, -0.1) is 0 Å². The molecule has 1 aliphatic carbocycles. The maximum absolute atomic E-state index is 11.7. The van der Waals surface area contributed by atoms with Gasteiger partial charge in [-0.05, 0) is 25.0 Å². The van der Waals surface area contributed by atoms with Gasteiger partial charge in [-0.1, -0.05) is 35.0 Å². The van der Waals surface area contributed by atoms with Gasteiger partial charge in [-0.3, -0.25) is 4.79 Å².